The zero-order chi connectivity index (χ0) is 12.6. The number of ether oxygens (including phenoxy) is 2. The monoisotopic (exact) mass is 239 g/mol. The second-order valence-corrected chi connectivity index (χ2v) is 4.83. The van der Waals surface area contributed by atoms with Crippen LogP contribution in [0.5, 0.6) is 0 Å². The molecule has 0 aromatic rings. The highest BCUT2D eigenvalue weighted by atomic mass is 16.7. The largest absolute Gasteiger partial charge is 0.353 e. The summed E-state index contributed by atoms with van der Waals surface area (Å²) in [6.07, 6.45) is 7.40. The van der Waals surface area contributed by atoms with Crippen molar-refractivity contribution in [2.75, 3.05) is 13.2 Å². The molecule has 1 rings (SSSR count). The van der Waals surface area contributed by atoms with Crippen LogP contribution in [0.3, 0.4) is 0 Å². The lowest BCUT2D eigenvalue weighted by atomic mass is 9.72. The second-order valence-electron chi connectivity index (χ2n) is 4.83. The van der Waals surface area contributed by atoms with Gasteiger partial charge in [0.15, 0.2) is 6.29 Å². The molecule has 0 radical (unpaired) electrons. The van der Waals surface area contributed by atoms with Crippen LogP contribution in [0.1, 0.15) is 58.8 Å². The molecule has 3 nitrogen and oxygen atoms in total. The van der Waals surface area contributed by atoms with Crippen LogP contribution in [0.2, 0.25) is 0 Å². The number of nitriles is 1. The first kappa shape index (κ1) is 14.5. The molecule has 0 aliphatic heterocycles. The molecule has 1 fully saturated rings. The van der Waals surface area contributed by atoms with E-state index in [1.165, 1.54) is 19.3 Å². The Labute approximate surface area is 105 Å². The van der Waals surface area contributed by atoms with Crippen molar-refractivity contribution >= 4 is 0 Å². The first-order valence-corrected chi connectivity index (χ1v) is 6.91. The maximum atomic E-state index is 9.38. The molecule has 0 atom stereocenters. The molecule has 1 saturated carbocycles. The molecule has 98 valence electrons. The summed E-state index contributed by atoms with van der Waals surface area (Å²) in [6.45, 7) is 5.30. The lowest BCUT2D eigenvalue weighted by Crippen LogP contribution is -2.26. The third-order valence-corrected chi connectivity index (χ3v) is 3.61. The SMILES string of the molecule is CCOC(CCC1(C#N)CCCCC1)OCC. The Balaban J connectivity index is 2.42. The fraction of sp³-hybridized carbons (Fsp3) is 0.929. The van der Waals surface area contributed by atoms with Gasteiger partial charge in [-0.1, -0.05) is 19.3 Å². The molecule has 0 saturated heterocycles. The van der Waals surface area contributed by atoms with E-state index in [1.807, 2.05) is 13.8 Å². The molecule has 0 amide bonds. The van der Waals surface area contributed by atoms with Gasteiger partial charge in [-0.25, -0.2) is 0 Å². The maximum absolute atomic E-state index is 9.38. The van der Waals surface area contributed by atoms with Crippen LogP contribution in [0.4, 0.5) is 0 Å². The molecule has 0 heterocycles. The highest BCUT2D eigenvalue weighted by Gasteiger charge is 2.32. The second kappa shape index (κ2) is 7.68. The Morgan fingerprint density at radius 2 is 1.71 bits per heavy atom. The van der Waals surface area contributed by atoms with Crippen molar-refractivity contribution < 1.29 is 9.47 Å². The van der Waals surface area contributed by atoms with Crippen molar-refractivity contribution in [3.05, 3.63) is 0 Å². The van der Waals surface area contributed by atoms with E-state index in [0.29, 0.717) is 13.2 Å². The summed E-state index contributed by atoms with van der Waals surface area (Å²) in [5.74, 6) is 0. The molecule has 0 N–H and O–H groups in total. The van der Waals surface area contributed by atoms with Gasteiger partial charge in [-0.3, -0.25) is 0 Å². The van der Waals surface area contributed by atoms with Gasteiger partial charge in [-0.15, -0.1) is 0 Å². The maximum Gasteiger partial charge on any atom is 0.157 e. The van der Waals surface area contributed by atoms with Crippen molar-refractivity contribution in [3.8, 4) is 6.07 Å². The average Bonchev–Trinajstić information content (AvgIpc) is 2.38. The van der Waals surface area contributed by atoms with Gasteiger partial charge in [0.05, 0.1) is 11.5 Å². The number of hydrogen-bond acceptors (Lipinski definition) is 3. The van der Waals surface area contributed by atoms with Gasteiger partial charge in [0, 0.05) is 13.2 Å². The molecular formula is C14H25NO2. The Morgan fingerprint density at radius 3 is 2.18 bits per heavy atom. The van der Waals surface area contributed by atoms with Gasteiger partial charge in [-0.05, 0) is 39.5 Å². The van der Waals surface area contributed by atoms with E-state index < -0.39 is 0 Å². The van der Waals surface area contributed by atoms with Gasteiger partial charge < -0.3 is 9.47 Å². The molecule has 0 aromatic carbocycles. The molecule has 0 spiro atoms. The summed E-state index contributed by atoms with van der Waals surface area (Å²) in [7, 11) is 0. The molecule has 3 heteroatoms. The quantitative estimate of drug-likeness (QED) is 0.637. The van der Waals surface area contributed by atoms with Gasteiger partial charge >= 0.3 is 0 Å². The highest BCUT2D eigenvalue weighted by Crippen LogP contribution is 2.40. The standard InChI is InChI=1S/C14H25NO2/c1-3-16-13(17-4-2)8-11-14(12-15)9-6-5-7-10-14/h13H,3-11H2,1-2H3. The first-order chi connectivity index (χ1) is 8.26. The van der Waals surface area contributed by atoms with Crippen molar-refractivity contribution in [1.82, 2.24) is 0 Å². The summed E-state index contributed by atoms with van der Waals surface area (Å²) in [5.41, 5.74) is -0.106. The number of nitrogens with zero attached hydrogens (tertiary/aromatic N) is 1. The van der Waals surface area contributed by atoms with E-state index in [4.69, 9.17) is 9.47 Å². The molecular weight excluding hydrogens is 214 g/mol. The minimum absolute atomic E-state index is 0.106. The zero-order valence-electron chi connectivity index (χ0n) is 11.2. The fourth-order valence-electron chi connectivity index (χ4n) is 2.63. The fourth-order valence-corrected chi connectivity index (χ4v) is 2.63. The lowest BCUT2D eigenvalue weighted by molar-refractivity contribution is -0.143. The van der Waals surface area contributed by atoms with Crippen LogP contribution >= 0.6 is 0 Å². The summed E-state index contributed by atoms with van der Waals surface area (Å²) in [4.78, 5) is 0. The normalized spacial score (nSPS) is 19.2. The Hall–Kier alpha value is -0.590. The van der Waals surface area contributed by atoms with E-state index >= 15 is 0 Å². The topological polar surface area (TPSA) is 42.2 Å². The third-order valence-electron chi connectivity index (χ3n) is 3.61. The van der Waals surface area contributed by atoms with Gasteiger partial charge in [0.2, 0.25) is 0 Å². The lowest BCUT2D eigenvalue weighted by Gasteiger charge is -2.31. The summed E-state index contributed by atoms with van der Waals surface area (Å²) >= 11 is 0. The molecule has 1 aliphatic rings. The summed E-state index contributed by atoms with van der Waals surface area (Å²) < 4.78 is 11.1. The van der Waals surface area contributed by atoms with Crippen molar-refractivity contribution in [2.45, 2.75) is 65.1 Å². The van der Waals surface area contributed by atoms with E-state index in [1.54, 1.807) is 0 Å². The van der Waals surface area contributed by atoms with Crippen LogP contribution in [-0.2, 0) is 9.47 Å². The number of rotatable bonds is 7. The third kappa shape index (κ3) is 4.65. The van der Waals surface area contributed by atoms with Gasteiger partial charge in [0.1, 0.15) is 0 Å². The number of hydrogen-bond donors (Lipinski definition) is 0. The molecule has 0 aromatic heterocycles. The van der Waals surface area contributed by atoms with Crippen LogP contribution in [0.15, 0.2) is 0 Å². The van der Waals surface area contributed by atoms with Gasteiger partial charge in [-0.2, -0.15) is 5.26 Å². The van der Waals surface area contributed by atoms with Crippen molar-refractivity contribution in [1.29, 1.82) is 5.26 Å². The first-order valence-electron chi connectivity index (χ1n) is 6.91. The minimum atomic E-state index is -0.128. The average molecular weight is 239 g/mol. The predicted molar refractivity (Wildman–Crippen MR) is 67.4 cm³/mol. The Kier molecular flexibility index (Phi) is 6.54. The molecule has 0 unspecified atom stereocenters. The van der Waals surface area contributed by atoms with E-state index in [2.05, 4.69) is 6.07 Å². The van der Waals surface area contributed by atoms with Crippen LogP contribution < -0.4 is 0 Å². The Bertz CT molecular complexity index is 235. The highest BCUT2D eigenvalue weighted by molar-refractivity contribution is 5.00. The van der Waals surface area contributed by atoms with Crippen molar-refractivity contribution in [3.63, 3.8) is 0 Å². The minimum Gasteiger partial charge on any atom is -0.353 e. The van der Waals surface area contributed by atoms with Crippen LogP contribution in [0.25, 0.3) is 0 Å². The van der Waals surface area contributed by atoms with E-state index in [9.17, 15) is 5.26 Å². The van der Waals surface area contributed by atoms with Gasteiger partial charge in [0.25, 0.3) is 0 Å². The summed E-state index contributed by atoms with van der Waals surface area (Å²) in [5, 5.41) is 9.38. The summed E-state index contributed by atoms with van der Waals surface area (Å²) in [6, 6.07) is 2.55. The van der Waals surface area contributed by atoms with E-state index in [0.717, 1.165) is 25.7 Å². The van der Waals surface area contributed by atoms with E-state index in [-0.39, 0.29) is 11.7 Å². The van der Waals surface area contributed by atoms with Crippen LogP contribution in [-0.4, -0.2) is 19.5 Å². The zero-order valence-corrected chi connectivity index (χ0v) is 11.2. The predicted octanol–water partition coefficient (Wildman–Crippen LogP) is 3.64. The molecule has 0 bridgehead atoms. The molecule has 17 heavy (non-hydrogen) atoms. The van der Waals surface area contributed by atoms with Crippen LogP contribution in [0, 0.1) is 16.7 Å². The Morgan fingerprint density at radius 1 is 1.12 bits per heavy atom. The smallest absolute Gasteiger partial charge is 0.157 e. The molecule has 1 aliphatic carbocycles. The van der Waals surface area contributed by atoms with Crippen molar-refractivity contribution in [2.24, 2.45) is 5.41 Å².